The van der Waals surface area contributed by atoms with Crippen LogP contribution in [0.4, 0.5) is 10.1 Å². The van der Waals surface area contributed by atoms with E-state index in [1.165, 1.54) is 29.2 Å². The molecule has 1 fully saturated rings. The molecule has 1 aromatic heterocycles. The molecule has 144 valence electrons. The molecule has 1 N–H and O–H groups in total. The minimum Gasteiger partial charge on any atom is -0.507 e. The predicted octanol–water partition coefficient (Wildman–Crippen LogP) is 4.16. The molecular weight excluding hydrogens is 371 g/mol. The number of aliphatic hydroxyl groups is 1. The summed E-state index contributed by atoms with van der Waals surface area (Å²) >= 11 is 0. The van der Waals surface area contributed by atoms with Crippen LogP contribution in [0.1, 0.15) is 22.9 Å². The number of hydrogen-bond acceptors (Lipinski definition) is 4. The minimum absolute atomic E-state index is 0.0800. The molecule has 3 aromatic rings. The van der Waals surface area contributed by atoms with E-state index in [2.05, 4.69) is 4.98 Å². The number of anilines is 1. The molecule has 1 aliphatic heterocycles. The summed E-state index contributed by atoms with van der Waals surface area (Å²) in [6.07, 6.45) is 1.56. The van der Waals surface area contributed by atoms with Gasteiger partial charge in [-0.15, -0.1) is 0 Å². The smallest absolute Gasteiger partial charge is 0.300 e. The van der Waals surface area contributed by atoms with Crippen molar-refractivity contribution in [2.75, 3.05) is 4.90 Å². The minimum atomic E-state index is -0.901. The molecule has 29 heavy (non-hydrogen) atoms. The van der Waals surface area contributed by atoms with Crippen LogP contribution in [0.3, 0.4) is 0 Å². The van der Waals surface area contributed by atoms with E-state index in [4.69, 9.17) is 0 Å². The van der Waals surface area contributed by atoms with Crippen molar-refractivity contribution in [2.24, 2.45) is 0 Å². The van der Waals surface area contributed by atoms with Gasteiger partial charge in [-0.2, -0.15) is 0 Å². The van der Waals surface area contributed by atoms with Crippen LogP contribution < -0.4 is 4.90 Å². The van der Waals surface area contributed by atoms with Crippen molar-refractivity contribution in [3.8, 4) is 0 Å². The first-order chi connectivity index (χ1) is 14.0. The van der Waals surface area contributed by atoms with Gasteiger partial charge in [0.05, 0.1) is 11.3 Å². The monoisotopic (exact) mass is 388 g/mol. The Labute approximate surface area is 166 Å². The molecule has 2 aromatic carbocycles. The lowest BCUT2D eigenvalue weighted by Crippen LogP contribution is -2.30. The first kappa shape index (κ1) is 18.6. The summed E-state index contributed by atoms with van der Waals surface area (Å²) in [4.78, 5) is 31.6. The molecule has 1 atom stereocenters. The van der Waals surface area contributed by atoms with Crippen molar-refractivity contribution >= 4 is 23.1 Å². The number of ketones is 1. The summed E-state index contributed by atoms with van der Waals surface area (Å²) in [5.41, 5.74) is 1.97. The highest BCUT2D eigenvalue weighted by molar-refractivity contribution is 6.51. The van der Waals surface area contributed by atoms with Crippen molar-refractivity contribution < 1.29 is 19.1 Å². The number of nitrogens with zero attached hydrogens (tertiary/aromatic N) is 2. The third kappa shape index (κ3) is 3.18. The Balaban J connectivity index is 1.96. The van der Waals surface area contributed by atoms with Gasteiger partial charge in [0, 0.05) is 17.4 Å². The summed E-state index contributed by atoms with van der Waals surface area (Å²) < 4.78 is 13.3. The molecule has 0 aliphatic carbocycles. The van der Waals surface area contributed by atoms with Crippen molar-refractivity contribution in [2.45, 2.75) is 13.0 Å². The van der Waals surface area contributed by atoms with Crippen molar-refractivity contribution in [3.05, 3.63) is 101 Å². The van der Waals surface area contributed by atoms with Crippen LogP contribution in [-0.2, 0) is 9.59 Å². The number of benzene rings is 2. The molecule has 2 heterocycles. The number of pyridine rings is 1. The summed E-state index contributed by atoms with van der Waals surface area (Å²) in [5, 5.41) is 10.9. The fraction of sp³-hybridized carbons (Fsp3) is 0.0870. The van der Waals surface area contributed by atoms with Gasteiger partial charge in [0.15, 0.2) is 0 Å². The molecule has 1 aliphatic rings. The Morgan fingerprint density at radius 3 is 2.34 bits per heavy atom. The van der Waals surface area contributed by atoms with Crippen molar-refractivity contribution in [1.82, 2.24) is 4.98 Å². The van der Waals surface area contributed by atoms with E-state index in [9.17, 15) is 19.1 Å². The molecule has 1 unspecified atom stereocenters. The molecule has 1 amide bonds. The van der Waals surface area contributed by atoms with Crippen molar-refractivity contribution in [1.29, 1.82) is 0 Å². The topological polar surface area (TPSA) is 70.5 Å². The summed E-state index contributed by atoms with van der Waals surface area (Å²) in [7, 11) is 0. The Hall–Kier alpha value is -3.80. The quantitative estimate of drug-likeness (QED) is 0.416. The third-order valence-corrected chi connectivity index (χ3v) is 4.90. The molecule has 0 bridgehead atoms. The van der Waals surface area contributed by atoms with E-state index in [1.807, 2.05) is 19.1 Å². The highest BCUT2D eigenvalue weighted by Gasteiger charge is 2.47. The van der Waals surface area contributed by atoms with Crippen LogP contribution >= 0.6 is 0 Å². The molecule has 6 heteroatoms. The van der Waals surface area contributed by atoms with E-state index < -0.39 is 23.5 Å². The lowest BCUT2D eigenvalue weighted by molar-refractivity contribution is -0.132. The van der Waals surface area contributed by atoms with E-state index >= 15 is 0 Å². The lowest BCUT2D eigenvalue weighted by Gasteiger charge is -2.26. The van der Waals surface area contributed by atoms with Crippen LogP contribution in [0, 0.1) is 12.7 Å². The van der Waals surface area contributed by atoms with Gasteiger partial charge in [0.2, 0.25) is 0 Å². The fourth-order valence-electron chi connectivity index (χ4n) is 3.50. The number of carbonyl (C=O) groups is 2. The van der Waals surface area contributed by atoms with E-state index in [0.717, 1.165) is 5.56 Å². The Morgan fingerprint density at radius 2 is 1.69 bits per heavy atom. The maximum atomic E-state index is 13.3. The van der Waals surface area contributed by atoms with Gasteiger partial charge in [0.25, 0.3) is 11.7 Å². The number of halogens is 1. The first-order valence-corrected chi connectivity index (χ1v) is 9.02. The van der Waals surface area contributed by atoms with Crippen LogP contribution in [-0.4, -0.2) is 21.8 Å². The van der Waals surface area contributed by atoms with Crippen LogP contribution in [0.15, 0.2) is 78.5 Å². The SMILES string of the molecule is Cc1ccccc1N1C(=O)C(=O)/C(=C(\O)c2ccc(F)cc2)C1c1ccccn1. The number of aliphatic hydroxyl groups excluding tert-OH is 1. The largest absolute Gasteiger partial charge is 0.507 e. The lowest BCUT2D eigenvalue weighted by atomic mass is 9.98. The number of para-hydroxylation sites is 1. The molecule has 4 rings (SSSR count). The van der Waals surface area contributed by atoms with Gasteiger partial charge in [-0.1, -0.05) is 24.3 Å². The number of aromatic nitrogens is 1. The molecule has 0 spiro atoms. The second kappa shape index (κ2) is 7.31. The van der Waals surface area contributed by atoms with Gasteiger partial charge in [-0.3, -0.25) is 19.5 Å². The first-order valence-electron chi connectivity index (χ1n) is 9.02. The van der Waals surface area contributed by atoms with E-state index in [1.54, 1.807) is 36.5 Å². The number of carbonyl (C=O) groups excluding carboxylic acids is 2. The summed E-state index contributed by atoms with van der Waals surface area (Å²) in [5.74, 6) is -2.40. The Morgan fingerprint density at radius 1 is 1.00 bits per heavy atom. The van der Waals surface area contributed by atoms with Gasteiger partial charge in [0.1, 0.15) is 17.6 Å². The maximum absolute atomic E-state index is 13.3. The summed E-state index contributed by atoms with van der Waals surface area (Å²) in [6.45, 7) is 1.84. The maximum Gasteiger partial charge on any atom is 0.300 e. The molecular formula is C23H17FN2O3. The zero-order valence-corrected chi connectivity index (χ0v) is 15.5. The predicted molar refractivity (Wildman–Crippen MR) is 107 cm³/mol. The average molecular weight is 388 g/mol. The second-order valence-electron chi connectivity index (χ2n) is 6.72. The standard InChI is InChI=1S/C23H17FN2O3/c1-14-6-2-3-8-18(14)26-20(17-7-4-5-13-25-17)19(22(28)23(26)29)21(27)15-9-11-16(24)12-10-15/h2-13,20,27H,1H3/b21-19-. The highest BCUT2D eigenvalue weighted by Crippen LogP contribution is 2.42. The van der Waals surface area contributed by atoms with Gasteiger partial charge in [-0.05, 0) is 55.0 Å². The zero-order chi connectivity index (χ0) is 20.5. The highest BCUT2D eigenvalue weighted by atomic mass is 19.1. The van der Waals surface area contributed by atoms with Crippen LogP contribution in [0.5, 0.6) is 0 Å². The number of amides is 1. The normalized spacial score (nSPS) is 18.3. The third-order valence-electron chi connectivity index (χ3n) is 4.90. The second-order valence-corrected chi connectivity index (χ2v) is 6.72. The Bertz CT molecular complexity index is 1120. The number of Topliss-reactive ketones (excluding diaryl/α,β-unsaturated/α-hetero) is 1. The zero-order valence-electron chi connectivity index (χ0n) is 15.5. The fourth-order valence-corrected chi connectivity index (χ4v) is 3.50. The number of hydrogen-bond donors (Lipinski definition) is 1. The van der Waals surface area contributed by atoms with Gasteiger partial charge >= 0.3 is 0 Å². The molecule has 5 nitrogen and oxygen atoms in total. The van der Waals surface area contributed by atoms with E-state index in [0.29, 0.717) is 11.4 Å². The molecule has 0 saturated carbocycles. The molecule has 1 saturated heterocycles. The van der Waals surface area contributed by atoms with Crippen molar-refractivity contribution in [3.63, 3.8) is 0 Å². The number of rotatable bonds is 3. The summed E-state index contributed by atoms with van der Waals surface area (Å²) in [6, 6.07) is 16.6. The van der Waals surface area contributed by atoms with Crippen LogP contribution in [0.25, 0.3) is 5.76 Å². The van der Waals surface area contributed by atoms with E-state index in [-0.39, 0.29) is 16.9 Å². The molecule has 0 radical (unpaired) electrons. The van der Waals surface area contributed by atoms with Crippen LogP contribution in [0.2, 0.25) is 0 Å². The number of aryl methyl sites for hydroxylation is 1. The average Bonchev–Trinajstić information content (AvgIpc) is 3.00. The van der Waals surface area contributed by atoms with Gasteiger partial charge < -0.3 is 5.11 Å². The Kier molecular flexibility index (Phi) is 4.68. The van der Waals surface area contributed by atoms with Gasteiger partial charge in [-0.25, -0.2) is 4.39 Å².